The maximum absolute atomic E-state index is 5.89. The van der Waals surface area contributed by atoms with E-state index in [4.69, 9.17) is 23.2 Å². The monoisotopic (exact) mass is 230 g/mol. The van der Waals surface area contributed by atoms with Gasteiger partial charge in [0, 0.05) is 6.04 Å². The van der Waals surface area contributed by atoms with Crippen molar-refractivity contribution in [2.45, 2.75) is 19.9 Å². The molecule has 14 heavy (non-hydrogen) atoms. The Balaban J connectivity index is 2.78. The fraction of sp³-hybridized carbons (Fsp3) is 0.375. The molecule has 0 saturated heterocycles. The minimum Gasteiger partial charge on any atom is -0.245 e. The summed E-state index contributed by atoms with van der Waals surface area (Å²) in [5, 5.41) is 5.38. The number of aromatic nitrogens is 4. The second-order valence-corrected chi connectivity index (χ2v) is 3.90. The van der Waals surface area contributed by atoms with E-state index in [1.165, 1.54) is 0 Å². The van der Waals surface area contributed by atoms with Crippen molar-refractivity contribution in [3.63, 3.8) is 0 Å². The van der Waals surface area contributed by atoms with Gasteiger partial charge in [0.05, 0.1) is 11.6 Å². The highest BCUT2D eigenvalue weighted by Gasteiger charge is 2.11. The fourth-order valence-electron chi connectivity index (χ4n) is 1.24. The number of rotatable bonds is 1. The van der Waals surface area contributed by atoms with Crippen molar-refractivity contribution in [3.8, 4) is 0 Å². The van der Waals surface area contributed by atoms with Gasteiger partial charge in [-0.3, -0.25) is 0 Å². The molecule has 4 nitrogen and oxygen atoms in total. The van der Waals surface area contributed by atoms with E-state index in [9.17, 15) is 0 Å². The molecule has 0 aliphatic heterocycles. The number of fused-ring (bicyclic) bond motifs is 1. The zero-order chi connectivity index (χ0) is 10.3. The van der Waals surface area contributed by atoms with Crippen LogP contribution in [0.2, 0.25) is 10.4 Å². The van der Waals surface area contributed by atoms with Crippen molar-refractivity contribution < 1.29 is 0 Å². The molecule has 0 bridgehead atoms. The predicted molar refractivity (Wildman–Crippen MR) is 55.7 cm³/mol. The third-order valence-corrected chi connectivity index (χ3v) is 2.33. The first-order valence-corrected chi connectivity index (χ1v) is 4.91. The molecule has 0 amide bonds. The van der Waals surface area contributed by atoms with Crippen LogP contribution in [0.25, 0.3) is 11.0 Å². The van der Waals surface area contributed by atoms with Crippen molar-refractivity contribution in [2.75, 3.05) is 0 Å². The molecule has 0 atom stereocenters. The maximum Gasteiger partial charge on any atom is 0.225 e. The lowest BCUT2D eigenvalue weighted by Gasteiger charge is -2.05. The molecule has 2 heterocycles. The van der Waals surface area contributed by atoms with Crippen LogP contribution in [-0.4, -0.2) is 19.7 Å². The predicted octanol–water partition coefficient (Wildman–Crippen LogP) is 2.71. The van der Waals surface area contributed by atoms with E-state index >= 15 is 0 Å². The van der Waals surface area contributed by atoms with Gasteiger partial charge < -0.3 is 0 Å². The van der Waals surface area contributed by atoms with Crippen molar-refractivity contribution in [2.24, 2.45) is 0 Å². The normalized spacial score (nSPS) is 11.5. The molecule has 0 aromatic carbocycles. The van der Waals surface area contributed by atoms with Crippen LogP contribution < -0.4 is 0 Å². The van der Waals surface area contributed by atoms with Gasteiger partial charge in [-0.15, -0.1) is 0 Å². The van der Waals surface area contributed by atoms with E-state index in [0.717, 1.165) is 5.39 Å². The van der Waals surface area contributed by atoms with Gasteiger partial charge in [0.2, 0.25) is 5.28 Å². The zero-order valence-electron chi connectivity index (χ0n) is 7.70. The standard InChI is InChI=1S/C8H8Cl2N4/c1-4(2)14-7-5(3-11-14)6(9)12-8(10)13-7/h3-4H,1-2H3. The van der Waals surface area contributed by atoms with Gasteiger partial charge in [-0.25, -0.2) is 9.67 Å². The minimum absolute atomic E-state index is 0.143. The summed E-state index contributed by atoms with van der Waals surface area (Å²) in [4.78, 5) is 7.93. The molecule has 74 valence electrons. The molecule has 2 aromatic heterocycles. The Morgan fingerprint density at radius 1 is 1.29 bits per heavy atom. The van der Waals surface area contributed by atoms with E-state index < -0.39 is 0 Å². The van der Waals surface area contributed by atoms with Crippen LogP contribution in [0.5, 0.6) is 0 Å². The molecule has 0 radical (unpaired) electrons. The Labute approximate surface area is 90.9 Å². The van der Waals surface area contributed by atoms with Crippen molar-refractivity contribution in [3.05, 3.63) is 16.6 Å². The molecule has 0 unspecified atom stereocenters. The van der Waals surface area contributed by atoms with Gasteiger partial charge >= 0.3 is 0 Å². The molecule has 2 aromatic rings. The minimum atomic E-state index is 0.143. The number of halogens is 2. The van der Waals surface area contributed by atoms with Gasteiger partial charge in [-0.2, -0.15) is 10.1 Å². The Morgan fingerprint density at radius 2 is 2.00 bits per heavy atom. The van der Waals surface area contributed by atoms with Crippen LogP contribution >= 0.6 is 23.2 Å². The lowest BCUT2D eigenvalue weighted by molar-refractivity contribution is 0.546. The second-order valence-electron chi connectivity index (χ2n) is 3.20. The summed E-state index contributed by atoms with van der Waals surface area (Å²) in [6, 6.07) is 0.217. The molecule has 0 aliphatic rings. The van der Waals surface area contributed by atoms with Crippen LogP contribution in [0.15, 0.2) is 6.20 Å². The van der Waals surface area contributed by atoms with E-state index in [1.807, 2.05) is 13.8 Å². The number of nitrogens with zero attached hydrogens (tertiary/aromatic N) is 4. The molecule has 2 rings (SSSR count). The summed E-state index contributed by atoms with van der Waals surface area (Å²) in [6.07, 6.45) is 1.65. The SMILES string of the molecule is CC(C)n1ncc2c(Cl)nc(Cl)nc21. The van der Waals surface area contributed by atoms with Crippen LogP contribution in [0.1, 0.15) is 19.9 Å². The highest BCUT2D eigenvalue weighted by Crippen LogP contribution is 2.23. The molecule has 0 spiro atoms. The van der Waals surface area contributed by atoms with Gasteiger partial charge in [-0.1, -0.05) is 11.6 Å². The maximum atomic E-state index is 5.89. The third kappa shape index (κ3) is 1.44. The lowest BCUT2D eigenvalue weighted by atomic mass is 10.4. The smallest absolute Gasteiger partial charge is 0.225 e. The summed E-state index contributed by atoms with van der Waals surface area (Å²) in [7, 11) is 0. The summed E-state index contributed by atoms with van der Waals surface area (Å²) < 4.78 is 1.76. The molecule has 0 N–H and O–H groups in total. The first-order chi connectivity index (χ1) is 6.59. The highest BCUT2D eigenvalue weighted by molar-refractivity contribution is 6.35. The third-order valence-electron chi connectivity index (χ3n) is 1.87. The van der Waals surface area contributed by atoms with Gasteiger partial charge in [0.15, 0.2) is 5.65 Å². The Bertz CT molecular complexity index is 477. The summed E-state index contributed by atoms with van der Waals surface area (Å²) in [5.41, 5.74) is 0.671. The van der Waals surface area contributed by atoms with Gasteiger partial charge in [-0.05, 0) is 25.4 Å². The van der Waals surface area contributed by atoms with Crippen molar-refractivity contribution in [1.29, 1.82) is 0 Å². The molecular weight excluding hydrogens is 223 g/mol. The molecule has 0 fully saturated rings. The first-order valence-electron chi connectivity index (χ1n) is 4.16. The Kier molecular flexibility index (Phi) is 2.33. The average molecular weight is 231 g/mol. The zero-order valence-corrected chi connectivity index (χ0v) is 9.21. The molecular formula is C8H8Cl2N4. The molecule has 0 aliphatic carbocycles. The van der Waals surface area contributed by atoms with Gasteiger partial charge in [0.1, 0.15) is 5.15 Å². The van der Waals surface area contributed by atoms with E-state index in [2.05, 4.69) is 15.1 Å². The average Bonchev–Trinajstić information content (AvgIpc) is 2.47. The second kappa shape index (κ2) is 3.37. The van der Waals surface area contributed by atoms with E-state index in [1.54, 1.807) is 10.9 Å². The largest absolute Gasteiger partial charge is 0.245 e. The van der Waals surface area contributed by atoms with Crippen LogP contribution in [0.3, 0.4) is 0 Å². The fourth-order valence-corrected chi connectivity index (χ4v) is 1.67. The van der Waals surface area contributed by atoms with E-state index in [0.29, 0.717) is 10.8 Å². The van der Waals surface area contributed by atoms with Crippen LogP contribution in [-0.2, 0) is 0 Å². The number of hydrogen-bond donors (Lipinski definition) is 0. The van der Waals surface area contributed by atoms with Gasteiger partial charge in [0.25, 0.3) is 0 Å². The van der Waals surface area contributed by atoms with Crippen LogP contribution in [0, 0.1) is 0 Å². The van der Waals surface area contributed by atoms with Crippen molar-refractivity contribution >= 4 is 34.2 Å². The Hall–Kier alpha value is -0.870. The van der Waals surface area contributed by atoms with E-state index in [-0.39, 0.29) is 11.3 Å². The molecule has 0 saturated carbocycles. The summed E-state index contributed by atoms with van der Waals surface area (Å²) in [5.74, 6) is 0. The lowest BCUT2D eigenvalue weighted by Crippen LogP contribution is -2.03. The summed E-state index contributed by atoms with van der Waals surface area (Å²) >= 11 is 11.6. The molecule has 6 heteroatoms. The Morgan fingerprint density at radius 3 is 2.64 bits per heavy atom. The topological polar surface area (TPSA) is 43.6 Å². The quantitative estimate of drug-likeness (QED) is 0.559. The summed E-state index contributed by atoms with van der Waals surface area (Å²) in [6.45, 7) is 4.02. The highest BCUT2D eigenvalue weighted by atomic mass is 35.5. The van der Waals surface area contributed by atoms with Crippen molar-refractivity contribution in [1.82, 2.24) is 19.7 Å². The van der Waals surface area contributed by atoms with Crippen LogP contribution in [0.4, 0.5) is 0 Å². The number of hydrogen-bond acceptors (Lipinski definition) is 3. The first kappa shape index (κ1) is 9.68.